The zero-order valence-corrected chi connectivity index (χ0v) is 12.6. The Kier molecular flexibility index (Phi) is 4.60. The molecule has 1 aliphatic heterocycles. The molecule has 0 aromatic heterocycles. The molecule has 7 heteroatoms. The predicted octanol–water partition coefficient (Wildman–Crippen LogP) is 0.847. The van der Waals surface area contributed by atoms with Crippen LogP contribution in [0.25, 0.3) is 0 Å². The molecule has 1 fully saturated rings. The van der Waals surface area contributed by atoms with Gasteiger partial charge in [-0.2, -0.15) is 9.98 Å². The highest BCUT2D eigenvalue weighted by Gasteiger charge is 2.27. The summed E-state index contributed by atoms with van der Waals surface area (Å²) in [7, 11) is -3.82. The van der Waals surface area contributed by atoms with Crippen molar-refractivity contribution in [2.45, 2.75) is 30.7 Å². The van der Waals surface area contributed by atoms with Crippen molar-refractivity contribution in [1.29, 1.82) is 5.26 Å². The second-order valence-corrected chi connectivity index (χ2v) is 6.73. The highest BCUT2D eigenvalue weighted by Crippen LogP contribution is 2.13. The lowest BCUT2D eigenvalue weighted by molar-refractivity contribution is -0.131. The number of likely N-dealkylation sites (tertiary alicyclic amines) is 1. The summed E-state index contributed by atoms with van der Waals surface area (Å²) in [6, 6.07) is 6.78. The largest absolute Gasteiger partial charge is 0.341 e. The normalized spacial score (nSPS) is 16.5. The molecule has 0 unspecified atom stereocenters. The summed E-state index contributed by atoms with van der Waals surface area (Å²) < 4.78 is 26.8. The van der Waals surface area contributed by atoms with Crippen LogP contribution >= 0.6 is 0 Å². The van der Waals surface area contributed by atoms with Crippen molar-refractivity contribution >= 4 is 15.9 Å². The number of hydrogen-bond acceptors (Lipinski definition) is 4. The maximum atomic E-state index is 12.2. The molecule has 6 nitrogen and oxygen atoms in total. The van der Waals surface area contributed by atoms with E-state index in [1.807, 2.05) is 6.07 Å². The Balaban J connectivity index is 2.13. The van der Waals surface area contributed by atoms with Gasteiger partial charge in [-0.05, 0) is 38.0 Å². The molecule has 1 aliphatic rings. The fourth-order valence-corrected chi connectivity index (χ4v) is 3.54. The lowest BCUT2D eigenvalue weighted by Crippen LogP contribution is -2.45. The van der Waals surface area contributed by atoms with Crippen LogP contribution < -0.4 is 4.72 Å². The number of carbonyl (C=O) groups is 1. The van der Waals surface area contributed by atoms with Crippen LogP contribution in [0.15, 0.2) is 29.2 Å². The maximum absolute atomic E-state index is 12.2. The fraction of sp³-hybridized carbons (Fsp3) is 0.429. The molecule has 1 aromatic carbocycles. The second kappa shape index (κ2) is 6.24. The number of nitriles is 1. The third kappa shape index (κ3) is 3.60. The van der Waals surface area contributed by atoms with Crippen molar-refractivity contribution in [2.75, 3.05) is 13.1 Å². The highest BCUT2D eigenvalue weighted by molar-refractivity contribution is 7.89. The molecule has 1 atom stereocenters. The minimum Gasteiger partial charge on any atom is -0.341 e. The van der Waals surface area contributed by atoms with Crippen LogP contribution in [0.3, 0.4) is 0 Å². The van der Waals surface area contributed by atoms with Crippen LogP contribution in [0.1, 0.15) is 25.3 Å². The molecular weight excluding hydrogens is 290 g/mol. The molecule has 0 radical (unpaired) electrons. The van der Waals surface area contributed by atoms with Crippen molar-refractivity contribution in [1.82, 2.24) is 9.62 Å². The molecule has 1 aromatic rings. The Hall–Kier alpha value is -1.91. The molecule has 0 aliphatic carbocycles. The number of nitrogens with one attached hydrogen (secondary N) is 1. The summed E-state index contributed by atoms with van der Waals surface area (Å²) in [6.07, 6.45) is 1.91. The smallest absolute Gasteiger partial charge is 0.241 e. The van der Waals surface area contributed by atoms with Gasteiger partial charge in [0.15, 0.2) is 0 Å². The molecule has 0 saturated carbocycles. The van der Waals surface area contributed by atoms with E-state index in [0.717, 1.165) is 12.8 Å². The quantitative estimate of drug-likeness (QED) is 0.892. The van der Waals surface area contributed by atoms with Gasteiger partial charge >= 0.3 is 0 Å². The Labute approximate surface area is 124 Å². The van der Waals surface area contributed by atoms with Crippen molar-refractivity contribution in [3.8, 4) is 6.07 Å². The first-order chi connectivity index (χ1) is 9.94. The molecule has 1 amide bonds. The first-order valence-corrected chi connectivity index (χ1v) is 8.23. The molecule has 1 heterocycles. The third-order valence-corrected chi connectivity index (χ3v) is 4.93. The van der Waals surface area contributed by atoms with E-state index in [0.29, 0.717) is 13.1 Å². The third-order valence-electron chi connectivity index (χ3n) is 3.39. The van der Waals surface area contributed by atoms with Crippen LogP contribution in [0.2, 0.25) is 0 Å². The Morgan fingerprint density at radius 2 is 2.05 bits per heavy atom. The topological polar surface area (TPSA) is 90.3 Å². The first kappa shape index (κ1) is 15.5. The molecule has 2 rings (SSSR count). The van der Waals surface area contributed by atoms with E-state index in [4.69, 9.17) is 5.26 Å². The van der Waals surface area contributed by atoms with E-state index >= 15 is 0 Å². The van der Waals surface area contributed by atoms with E-state index in [9.17, 15) is 13.2 Å². The minimum atomic E-state index is -3.82. The van der Waals surface area contributed by atoms with Crippen molar-refractivity contribution in [3.63, 3.8) is 0 Å². The van der Waals surface area contributed by atoms with Gasteiger partial charge in [-0.25, -0.2) is 8.42 Å². The fourth-order valence-electron chi connectivity index (χ4n) is 2.30. The van der Waals surface area contributed by atoms with Gasteiger partial charge in [0.05, 0.1) is 22.6 Å². The second-order valence-electron chi connectivity index (χ2n) is 5.02. The molecule has 0 bridgehead atoms. The van der Waals surface area contributed by atoms with Gasteiger partial charge in [0, 0.05) is 13.1 Å². The van der Waals surface area contributed by atoms with E-state index in [1.165, 1.54) is 31.2 Å². The number of carbonyl (C=O) groups excluding carboxylic acids is 1. The van der Waals surface area contributed by atoms with E-state index < -0.39 is 16.1 Å². The summed E-state index contributed by atoms with van der Waals surface area (Å²) >= 11 is 0. The minimum absolute atomic E-state index is 0.0115. The van der Waals surface area contributed by atoms with E-state index in [1.54, 1.807) is 4.90 Å². The monoisotopic (exact) mass is 307 g/mol. The van der Waals surface area contributed by atoms with Gasteiger partial charge in [0.25, 0.3) is 0 Å². The Morgan fingerprint density at radius 3 is 2.67 bits per heavy atom. The van der Waals surface area contributed by atoms with Crippen LogP contribution in [-0.4, -0.2) is 38.4 Å². The average Bonchev–Trinajstić information content (AvgIpc) is 3.00. The lowest BCUT2D eigenvalue weighted by Gasteiger charge is -2.21. The summed E-state index contributed by atoms with van der Waals surface area (Å²) in [5, 5.41) is 8.82. The van der Waals surface area contributed by atoms with Gasteiger partial charge in [0.1, 0.15) is 0 Å². The lowest BCUT2D eigenvalue weighted by atomic mass is 10.2. The average molecular weight is 307 g/mol. The number of sulfonamides is 1. The van der Waals surface area contributed by atoms with Gasteiger partial charge in [0.2, 0.25) is 15.9 Å². The highest BCUT2D eigenvalue weighted by atomic mass is 32.2. The van der Waals surface area contributed by atoms with Gasteiger partial charge in [-0.15, -0.1) is 0 Å². The van der Waals surface area contributed by atoms with Gasteiger partial charge < -0.3 is 4.90 Å². The number of nitrogens with zero attached hydrogens (tertiary/aromatic N) is 2. The summed E-state index contributed by atoms with van der Waals surface area (Å²) in [5.41, 5.74) is 0.261. The Morgan fingerprint density at radius 1 is 1.38 bits per heavy atom. The number of benzene rings is 1. The predicted molar refractivity (Wildman–Crippen MR) is 76.8 cm³/mol. The van der Waals surface area contributed by atoms with Crippen LogP contribution in [0.4, 0.5) is 0 Å². The summed E-state index contributed by atoms with van der Waals surface area (Å²) in [6.45, 7) is 2.88. The van der Waals surface area contributed by atoms with Crippen molar-refractivity contribution < 1.29 is 13.2 Å². The zero-order valence-electron chi connectivity index (χ0n) is 11.7. The summed E-state index contributed by atoms with van der Waals surface area (Å²) in [4.78, 5) is 13.8. The molecule has 21 heavy (non-hydrogen) atoms. The van der Waals surface area contributed by atoms with Crippen molar-refractivity contribution in [3.05, 3.63) is 29.8 Å². The van der Waals surface area contributed by atoms with Crippen molar-refractivity contribution in [2.24, 2.45) is 0 Å². The maximum Gasteiger partial charge on any atom is 0.241 e. The zero-order chi connectivity index (χ0) is 15.5. The van der Waals surface area contributed by atoms with Crippen LogP contribution in [-0.2, 0) is 14.8 Å². The molecule has 1 N–H and O–H groups in total. The van der Waals surface area contributed by atoms with Crippen LogP contribution in [0, 0.1) is 11.3 Å². The van der Waals surface area contributed by atoms with E-state index in [-0.39, 0.29) is 16.4 Å². The first-order valence-electron chi connectivity index (χ1n) is 6.75. The number of rotatable bonds is 4. The summed E-state index contributed by atoms with van der Waals surface area (Å²) in [5.74, 6) is -0.215. The number of amides is 1. The SMILES string of the molecule is C[C@H](NS(=O)(=O)c1cccc(C#N)c1)C(=O)N1CCCC1. The Bertz CT molecular complexity index is 673. The van der Waals surface area contributed by atoms with E-state index in [2.05, 4.69) is 4.72 Å². The molecular formula is C14H17N3O3S. The molecule has 0 spiro atoms. The van der Waals surface area contributed by atoms with Crippen LogP contribution in [0.5, 0.6) is 0 Å². The molecule has 112 valence electrons. The van der Waals surface area contributed by atoms with Gasteiger partial charge in [-0.1, -0.05) is 6.07 Å². The number of hydrogen-bond donors (Lipinski definition) is 1. The standard InChI is InChI=1S/C14H17N3O3S/c1-11(14(18)17-7-2-3-8-17)16-21(19,20)13-6-4-5-12(9-13)10-15/h4-6,9,11,16H,2-3,7-8H2,1H3/t11-/m0/s1. The molecule has 1 saturated heterocycles. The van der Waals surface area contributed by atoms with Gasteiger partial charge in [-0.3, -0.25) is 4.79 Å².